The molecular formula is C20H25N3O2. The molecule has 2 aromatic rings. The lowest BCUT2D eigenvalue weighted by Crippen LogP contribution is -2.32. The molecule has 0 unspecified atom stereocenters. The van der Waals surface area contributed by atoms with Crippen LogP contribution in [0.15, 0.2) is 42.6 Å². The molecule has 1 aliphatic heterocycles. The second-order valence-electron chi connectivity index (χ2n) is 6.34. The first-order valence-electron chi connectivity index (χ1n) is 8.85. The number of hydrogen-bond donors (Lipinski definition) is 1. The summed E-state index contributed by atoms with van der Waals surface area (Å²) in [5.41, 5.74) is 2.05. The molecule has 1 fully saturated rings. The highest BCUT2D eigenvalue weighted by Gasteiger charge is 2.15. The molecule has 25 heavy (non-hydrogen) atoms. The third kappa shape index (κ3) is 4.72. The van der Waals surface area contributed by atoms with E-state index in [4.69, 9.17) is 4.74 Å². The lowest BCUT2D eigenvalue weighted by atomic mass is 10.1. The van der Waals surface area contributed by atoms with E-state index in [-0.39, 0.29) is 5.91 Å². The van der Waals surface area contributed by atoms with Gasteiger partial charge in [-0.2, -0.15) is 0 Å². The Hall–Kier alpha value is -2.56. The van der Waals surface area contributed by atoms with Crippen molar-refractivity contribution in [2.24, 2.45) is 0 Å². The van der Waals surface area contributed by atoms with Gasteiger partial charge in [-0.1, -0.05) is 18.2 Å². The maximum Gasteiger partial charge on any atom is 0.224 e. The Morgan fingerprint density at radius 1 is 1.16 bits per heavy atom. The number of piperidine rings is 1. The van der Waals surface area contributed by atoms with Crippen LogP contribution in [0, 0.1) is 0 Å². The lowest BCUT2D eigenvalue weighted by Gasteiger charge is -2.29. The molecular weight excluding hydrogens is 314 g/mol. The molecule has 132 valence electrons. The highest BCUT2D eigenvalue weighted by atomic mass is 16.5. The number of rotatable bonds is 6. The quantitative estimate of drug-likeness (QED) is 0.879. The number of aromatic nitrogens is 1. The van der Waals surface area contributed by atoms with Gasteiger partial charge in [0.1, 0.15) is 11.6 Å². The van der Waals surface area contributed by atoms with Gasteiger partial charge in [0.2, 0.25) is 5.91 Å². The van der Waals surface area contributed by atoms with Crippen molar-refractivity contribution in [2.75, 3.05) is 25.1 Å². The molecule has 1 N–H and O–H groups in total. The van der Waals surface area contributed by atoms with E-state index >= 15 is 0 Å². The van der Waals surface area contributed by atoms with Crippen LogP contribution in [0.3, 0.4) is 0 Å². The molecule has 0 radical (unpaired) electrons. The Labute approximate surface area is 149 Å². The molecule has 1 aliphatic rings. The number of ether oxygens (including phenoxy) is 1. The number of anilines is 1. The third-order valence-electron chi connectivity index (χ3n) is 4.52. The monoisotopic (exact) mass is 339 g/mol. The Morgan fingerprint density at radius 3 is 2.64 bits per heavy atom. The van der Waals surface area contributed by atoms with Crippen molar-refractivity contribution in [3.05, 3.63) is 53.7 Å². The van der Waals surface area contributed by atoms with Gasteiger partial charge in [-0.3, -0.25) is 4.79 Å². The van der Waals surface area contributed by atoms with Gasteiger partial charge in [0, 0.05) is 31.4 Å². The van der Waals surface area contributed by atoms with Gasteiger partial charge < -0.3 is 15.0 Å². The predicted octanol–water partition coefficient (Wildman–Crippen LogP) is 2.94. The van der Waals surface area contributed by atoms with Crippen molar-refractivity contribution in [1.29, 1.82) is 0 Å². The summed E-state index contributed by atoms with van der Waals surface area (Å²) >= 11 is 0. The Kier molecular flexibility index (Phi) is 5.88. The molecule has 0 spiro atoms. The lowest BCUT2D eigenvalue weighted by molar-refractivity contribution is -0.120. The largest absolute Gasteiger partial charge is 0.497 e. The topological polar surface area (TPSA) is 54.5 Å². The standard InChI is InChI=1S/C20H25N3O2/c1-25-18-9-7-16(8-10-18)14-19(24)22-15-17-6-5-11-21-20(17)23-12-3-2-4-13-23/h5-11H,2-4,12-15H2,1H3,(H,22,24). The number of nitrogens with one attached hydrogen (secondary N) is 1. The summed E-state index contributed by atoms with van der Waals surface area (Å²) in [6, 6.07) is 11.6. The highest BCUT2D eigenvalue weighted by Crippen LogP contribution is 2.21. The number of pyridine rings is 1. The zero-order chi connectivity index (χ0) is 17.5. The number of hydrogen-bond acceptors (Lipinski definition) is 4. The minimum atomic E-state index is 0.0126. The molecule has 3 rings (SSSR count). The van der Waals surface area contributed by atoms with Gasteiger partial charge in [-0.05, 0) is 43.0 Å². The van der Waals surface area contributed by atoms with Crippen LogP contribution in [-0.4, -0.2) is 31.1 Å². The summed E-state index contributed by atoms with van der Waals surface area (Å²) < 4.78 is 5.14. The summed E-state index contributed by atoms with van der Waals surface area (Å²) in [6.07, 6.45) is 5.90. The van der Waals surface area contributed by atoms with Crippen LogP contribution in [0.1, 0.15) is 30.4 Å². The average molecular weight is 339 g/mol. The second-order valence-corrected chi connectivity index (χ2v) is 6.34. The van der Waals surface area contributed by atoms with Gasteiger partial charge in [0.05, 0.1) is 13.5 Å². The van der Waals surface area contributed by atoms with Crippen molar-refractivity contribution >= 4 is 11.7 Å². The van der Waals surface area contributed by atoms with Crippen molar-refractivity contribution in [1.82, 2.24) is 10.3 Å². The van der Waals surface area contributed by atoms with E-state index in [0.29, 0.717) is 13.0 Å². The molecule has 2 heterocycles. The summed E-state index contributed by atoms with van der Waals surface area (Å²) in [5, 5.41) is 3.02. The molecule has 5 nitrogen and oxygen atoms in total. The first-order chi connectivity index (χ1) is 12.3. The molecule has 1 saturated heterocycles. The number of carbonyl (C=O) groups is 1. The highest BCUT2D eigenvalue weighted by molar-refractivity contribution is 5.78. The molecule has 1 aromatic carbocycles. The van der Waals surface area contributed by atoms with Crippen molar-refractivity contribution in [3.63, 3.8) is 0 Å². The van der Waals surface area contributed by atoms with Crippen molar-refractivity contribution in [2.45, 2.75) is 32.2 Å². The van der Waals surface area contributed by atoms with E-state index in [1.54, 1.807) is 7.11 Å². The van der Waals surface area contributed by atoms with E-state index in [9.17, 15) is 4.79 Å². The fourth-order valence-corrected chi connectivity index (χ4v) is 3.14. The van der Waals surface area contributed by atoms with Crippen LogP contribution in [0.4, 0.5) is 5.82 Å². The SMILES string of the molecule is COc1ccc(CC(=O)NCc2cccnc2N2CCCCC2)cc1. The van der Waals surface area contributed by atoms with Gasteiger partial charge in [-0.25, -0.2) is 4.98 Å². The van der Waals surface area contributed by atoms with E-state index < -0.39 is 0 Å². The summed E-state index contributed by atoms with van der Waals surface area (Å²) in [6.45, 7) is 2.60. The van der Waals surface area contributed by atoms with Gasteiger partial charge in [0.25, 0.3) is 0 Å². The van der Waals surface area contributed by atoms with Crippen molar-refractivity contribution < 1.29 is 9.53 Å². The van der Waals surface area contributed by atoms with Crippen LogP contribution >= 0.6 is 0 Å². The normalized spacial score (nSPS) is 14.2. The van der Waals surface area contributed by atoms with Gasteiger partial charge in [0.15, 0.2) is 0 Å². The Balaban J connectivity index is 1.58. The molecule has 0 atom stereocenters. The molecule has 5 heteroatoms. The molecule has 0 bridgehead atoms. The number of methoxy groups -OCH3 is 1. The fourth-order valence-electron chi connectivity index (χ4n) is 3.14. The van der Waals surface area contributed by atoms with Crippen LogP contribution in [0.2, 0.25) is 0 Å². The maximum absolute atomic E-state index is 12.3. The van der Waals surface area contributed by atoms with Crippen LogP contribution in [-0.2, 0) is 17.8 Å². The smallest absolute Gasteiger partial charge is 0.224 e. The van der Waals surface area contributed by atoms with E-state index in [1.807, 2.05) is 42.6 Å². The van der Waals surface area contributed by atoms with Crippen LogP contribution in [0.5, 0.6) is 5.75 Å². The summed E-state index contributed by atoms with van der Waals surface area (Å²) in [4.78, 5) is 19.1. The van der Waals surface area contributed by atoms with E-state index in [2.05, 4.69) is 15.2 Å². The maximum atomic E-state index is 12.3. The second kappa shape index (κ2) is 8.51. The number of nitrogens with zero attached hydrogens (tertiary/aromatic N) is 2. The molecule has 1 amide bonds. The fraction of sp³-hybridized carbons (Fsp3) is 0.400. The van der Waals surface area contributed by atoms with Gasteiger partial charge >= 0.3 is 0 Å². The minimum Gasteiger partial charge on any atom is -0.497 e. The first kappa shape index (κ1) is 17.3. The summed E-state index contributed by atoms with van der Waals surface area (Å²) in [7, 11) is 1.63. The summed E-state index contributed by atoms with van der Waals surface area (Å²) in [5.74, 6) is 1.82. The van der Waals surface area contributed by atoms with Crippen LogP contribution < -0.4 is 15.0 Å². The first-order valence-corrected chi connectivity index (χ1v) is 8.85. The zero-order valence-electron chi connectivity index (χ0n) is 14.7. The van der Waals surface area contributed by atoms with Crippen molar-refractivity contribution in [3.8, 4) is 5.75 Å². The third-order valence-corrected chi connectivity index (χ3v) is 4.52. The molecule has 0 aliphatic carbocycles. The van der Waals surface area contributed by atoms with Gasteiger partial charge in [-0.15, -0.1) is 0 Å². The van der Waals surface area contributed by atoms with Crippen LogP contribution in [0.25, 0.3) is 0 Å². The predicted molar refractivity (Wildman–Crippen MR) is 98.8 cm³/mol. The number of amides is 1. The number of benzene rings is 1. The Morgan fingerprint density at radius 2 is 1.92 bits per heavy atom. The molecule has 1 aromatic heterocycles. The number of carbonyl (C=O) groups excluding carboxylic acids is 1. The average Bonchev–Trinajstić information content (AvgIpc) is 2.68. The van der Waals surface area contributed by atoms with E-state index in [1.165, 1.54) is 19.3 Å². The zero-order valence-corrected chi connectivity index (χ0v) is 14.7. The minimum absolute atomic E-state index is 0.0126. The van der Waals surface area contributed by atoms with E-state index in [0.717, 1.165) is 35.8 Å². The Bertz CT molecular complexity index is 694. The molecule has 0 saturated carbocycles.